The van der Waals surface area contributed by atoms with Gasteiger partial charge in [0.05, 0.1) is 47.2 Å². The molecule has 0 spiro atoms. The van der Waals surface area contributed by atoms with Crippen LogP contribution in [-0.2, 0) is 0 Å². The van der Waals surface area contributed by atoms with Gasteiger partial charge >= 0.3 is 0 Å². The van der Waals surface area contributed by atoms with Crippen LogP contribution in [-0.4, -0.2) is 55.5 Å². The summed E-state index contributed by atoms with van der Waals surface area (Å²) >= 11 is 0. The molecule has 9 nitrogen and oxygen atoms in total. The number of aliphatic hydroxyl groups is 1. The minimum atomic E-state index is -0.980. The molecule has 0 amide bonds. The minimum absolute atomic E-state index is 0.115. The second-order valence-electron chi connectivity index (χ2n) is 9.05. The number of nitrogens with two attached hydrogens (primary N) is 1. The molecule has 3 aromatic rings. The standard InChI is InChI=1S/C22H27N7O2/c1-21(2,30)14-31-16-8-17(20-15(9-23)10-27-29(20)13-16)18-11-26-19(12-25-18)28-6-4-22(3,24)5-7-28/h8,10-13,30H,4-7,14,24H2,1-3H3. The second-order valence-corrected chi connectivity index (χ2v) is 9.05. The topological polar surface area (TPSA) is 126 Å². The Morgan fingerprint density at radius 1 is 1.26 bits per heavy atom. The average molecular weight is 422 g/mol. The van der Waals surface area contributed by atoms with E-state index in [0.29, 0.717) is 28.1 Å². The van der Waals surface area contributed by atoms with Crippen LogP contribution >= 0.6 is 0 Å². The smallest absolute Gasteiger partial charge is 0.147 e. The van der Waals surface area contributed by atoms with Gasteiger partial charge in [-0.3, -0.25) is 4.98 Å². The van der Waals surface area contributed by atoms with E-state index >= 15 is 0 Å². The molecule has 0 aromatic carbocycles. The van der Waals surface area contributed by atoms with E-state index in [-0.39, 0.29) is 12.1 Å². The van der Waals surface area contributed by atoms with Gasteiger partial charge in [0.2, 0.25) is 0 Å². The number of ether oxygens (including phenoxy) is 1. The third kappa shape index (κ3) is 4.60. The number of nitriles is 1. The highest BCUT2D eigenvalue weighted by Crippen LogP contribution is 2.31. The largest absolute Gasteiger partial charge is 0.489 e. The van der Waals surface area contributed by atoms with Crippen LogP contribution in [0, 0.1) is 11.3 Å². The summed E-state index contributed by atoms with van der Waals surface area (Å²) < 4.78 is 7.35. The van der Waals surface area contributed by atoms with E-state index in [9.17, 15) is 10.4 Å². The van der Waals surface area contributed by atoms with Gasteiger partial charge in [0.1, 0.15) is 24.2 Å². The van der Waals surface area contributed by atoms with Gasteiger partial charge in [0, 0.05) is 24.2 Å². The van der Waals surface area contributed by atoms with E-state index in [1.807, 2.05) is 0 Å². The maximum atomic E-state index is 9.98. The molecule has 4 heterocycles. The van der Waals surface area contributed by atoms with Crippen molar-refractivity contribution in [2.75, 3.05) is 24.6 Å². The quantitative estimate of drug-likeness (QED) is 0.642. The molecule has 31 heavy (non-hydrogen) atoms. The SMILES string of the molecule is CC(C)(O)COc1cc(-c2cnc(N3CCC(C)(N)CC3)cn2)c2c(C#N)cnn2c1. The van der Waals surface area contributed by atoms with Gasteiger partial charge in [0.15, 0.2) is 0 Å². The molecule has 1 aliphatic heterocycles. The molecule has 1 aliphatic rings. The lowest BCUT2D eigenvalue weighted by atomic mass is 9.91. The summed E-state index contributed by atoms with van der Waals surface area (Å²) in [5.41, 5.74) is 7.49. The Labute approximate surface area is 181 Å². The summed E-state index contributed by atoms with van der Waals surface area (Å²) in [7, 11) is 0. The van der Waals surface area contributed by atoms with Crippen molar-refractivity contribution in [2.24, 2.45) is 5.73 Å². The van der Waals surface area contributed by atoms with Gasteiger partial charge in [-0.05, 0) is 39.7 Å². The number of anilines is 1. The van der Waals surface area contributed by atoms with Crippen molar-refractivity contribution in [3.8, 4) is 23.1 Å². The number of fused-ring (bicyclic) bond motifs is 1. The number of hydrogen-bond donors (Lipinski definition) is 2. The van der Waals surface area contributed by atoms with Crippen LogP contribution in [0.4, 0.5) is 5.82 Å². The fourth-order valence-electron chi connectivity index (χ4n) is 3.58. The number of piperidine rings is 1. The monoisotopic (exact) mass is 421 g/mol. The van der Waals surface area contributed by atoms with Gasteiger partial charge in [-0.1, -0.05) is 0 Å². The molecule has 1 fully saturated rings. The van der Waals surface area contributed by atoms with Gasteiger partial charge < -0.3 is 20.5 Å². The molecule has 0 saturated carbocycles. The highest BCUT2D eigenvalue weighted by Gasteiger charge is 2.26. The molecule has 0 unspecified atom stereocenters. The zero-order chi connectivity index (χ0) is 22.2. The summed E-state index contributed by atoms with van der Waals surface area (Å²) in [4.78, 5) is 11.4. The van der Waals surface area contributed by atoms with E-state index in [1.165, 1.54) is 6.20 Å². The molecule has 3 aromatic heterocycles. The van der Waals surface area contributed by atoms with E-state index < -0.39 is 5.60 Å². The molecule has 0 bridgehead atoms. The third-order valence-electron chi connectivity index (χ3n) is 5.44. The van der Waals surface area contributed by atoms with Crippen molar-refractivity contribution in [1.29, 1.82) is 5.26 Å². The summed E-state index contributed by atoms with van der Waals surface area (Å²) in [6.07, 6.45) is 8.45. The maximum absolute atomic E-state index is 9.98. The zero-order valence-electron chi connectivity index (χ0n) is 18.0. The maximum Gasteiger partial charge on any atom is 0.147 e. The fraction of sp³-hybridized carbons (Fsp3) is 0.455. The molecule has 1 saturated heterocycles. The first kappa shape index (κ1) is 21.0. The third-order valence-corrected chi connectivity index (χ3v) is 5.44. The highest BCUT2D eigenvalue weighted by atomic mass is 16.5. The van der Waals surface area contributed by atoms with Crippen LogP contribution in [0.1, 0.15) is 39.2 Å². The number of pyridine rings is 1. The van der Waals surface area contributed by atoms with Crippen LogP contribution in [0.25, 0.3) is 16.8 Å². The molecule has 0 atom stereocenters. The molecule has 0 radical (unpaired) electrons. The predicted octanol–water partition coefficient (Wildman–Crippen LogP) is 2.13. The number of nitrogens with zero attached hydrogens (tertiary/aromatic N) is 6. The van der Waals surface area contributed by atoms with Crippen LogP contribution < -0.4 is 15.4 Å². The molecule has 162 valence electrons. The summed E-state index contributed by atoms with van der Waals surface area (Å²) in [6, 6.07) is 3.97. The number of rotatable bonds is 5. The average Bonchev–Trinajstić information content (AvgIpc) is 3.14. The van der Waals surface area contributed by atoms with E-state index in [4.69, 9.17) is 10.5 Å². The second kappa shape index (κ2) is 7.80. The molecule has 3 N–H and O–H groups in total. The van der Waals surface area contributed by atoms with Crippen molar-refractivity contribution in [3.05, 3.63) is 36.4 Å². The summed E-state index contributed by atoms with van der Waals surface area (Å²) in [5.74, 6) is 1.32. The number of aromatic nitrogens is 4. The Morgan fingerprint density at radius 3 is 2.61 bits per heavy atom. The lowest BCUT2D eigenvalue weighted by Crippen LogP contribution is -2.48. The Bertz CT molecular complexity index is 1110. The Balaban J connectivity index is 1.67. The summed E-state index contributed by atoms with van der Waals surface area (Å²) in [5, 5.41) is 23.8. The predicted molar refractivity (Wildman–Crippen MR) is 117 cm³/mol. The highest BCUT2D eigenvalue weighted by molar-refractivity contribution is 5.83. The van der Waals surface area contributed by atoms with Crippen molar-refractivity contribution in [3.63, 3.8) is 0 Å². The van der Waals surface area contributed by atoms with Crippen molar-refractivity contribution < 1.29 is 9.84 Å². The lowest BCUT2D eigenvalue weighted by molar-refractivity contribution is 0.0283. The van der Waals surface area contributed by atoms with E-state index in [1.54, 1.807) is 43.0 Å². The van der Waals surface area contributed by atoms with Gasteiger partial charge in [-0.2, -0.15) is 10.4 Å². The Morgan fingerprint density at radius 2 is 2.00 bits per heavy atom. The number of hydrogen-bond acceptors (Lipinski definition) is 8. The van der Waals surface area contributed by atoms with Crippen LogP contribution in [0.3, 0.4) is 0 Å². The van der Waals surface area contributed by atoms with Crippen LogP contribution in [0.5, 0.6) is 5.75 Å². The van der Waals surface area contributed by atoms with Gasteiger partial charge in [-0.15, -0.1) is 0 Å². The molecular weight excluding hydrogens is 394 g/mol. The zero-order valence-corrected chi connectivity index (χ0v) is 18.0. The van der Waals surface area contributed by atoms with Gasteiger partial charge in [-0.25, -0.2) is 9.50 Å². The van der Waals surface area contributed by atoms with Gasteiger partial charge in [0.25, 0.3) is 0 Å². The Hall–Kier alpha value is -3.22. The van der Waals surface area contributed by atoms with Crippen LogP contribution in [0.2, 0.25) is 0 Å². The first-order valence-corrected chi connectivity index (χ1v) is 10.3. The molecule has 4 rings (SSSR count). The molecular formula is C22H27N7O2. The van der Waals surface area contributed by atoms with Crippen molar-refractivity contribution >= 4 is 11.3 Å². The first-order chi connectivity index (χ1) is 14.6. The minimum Gasteiger partial charge on any atom is -0.489 e. The molecule has 0 aliphatic carbocycles. The van der Waals surface area contributed by atoms with Crippen molar-refractivity contribution in [2.45, 2.75) is 44.8 Å². The lowest BCUT2D eigenvalue weighted by Gasteiger charge is -2.37. The van der Waals surface area contributed by atoms with E-state index in [0.717, 1.165) is 31.7 Å². The normalized spacial score (nSPS) is 16.3. The summed E-state index contributed by atoms with van der Waals surface area (Å²) in [6.45, 7) is 7.22. The Kier molecular flexibility index (Phi) is 5.29. The fourth-order valence-corrected chi connectivity index (χ4v) is 3.58. The van der Waals surface area contributed by atoms with Crippen LogP contribution in [0.15, 0.2) is 30.9 Å². The first-order valence-electron chi connectivity index (χ1n) is 10.3. The van der Waals surface area contributed by atoms with E-state index in [2.05, 4.69) is 33.0 Å². The molecule has 9 heteroatoms. The van der Waals surface area contributed by atoms with Crippen molar-refractivity contribution in [1.82, 2.24) is 19.6 Å².